The molecule has 0 bridgehead atoms. The third-order valence-corrected chi connectivity index (χ3v) is 1.48. The van der Waals surface area contributed by atoms with E-state index >= 15 is 0 Å². The molecule has 0 radical (unpaired) electrons. The summed E-state index contributed by atoms with van der Waals surface area (Å²) in [6.45, 7) is 3.92. The van der Waals surface area contributed by atoms with E-state index in [1.165, 1.54) is 0 Å². The molecule has 0 saturated carbocycles. The van der Waals surface area contributed by atoms with Crippen LogP contribution in [0.4, 0.5) is 0 Å². The molecule has 0 heterocycles. The van der Waals surface area contributed by atoms with Gasteiger partial charge in [-0.15, -0.1) is 0 Å². The number of rotatable bonds is 6. The van der Waals surface area contributed by atoms with Gasteiger partial charge in [0.25, 0.3) is 0 Å². The van der Waals surface area contributed by atoms with Gasteiger partial charge < -0.3 is 15.0 Å². The first-order valence-corrected chi connectivity index (χ1v) is 4.96. The van der Waals surface area contributed by atoms with Crippen molar-refractivity contribution in [3.8, 4) is 0 Å². The second-order valence-electron chi connectivity index (χ2n) is 2.97. The van der Waals surface area contributed by atoms with Crippen LogP contribution in [0.1, 0.15) is 52.4 Å². The summed E-state index contributed by atoms with van der Waals surface area (Å²) in [6, 6.07) is 0. The average molecular weight is 242 g/mol. The summed E-state index contributed by atoms with van der Waals surface area (Å²) in [7, 11) is 0. The van der Waals surface area contributed by atoms with Crippen molar-refractivity contribution in [3.05, 3.63) is 0 Å². The number of unbranched alkanes of at least 4 members (excludes halogenated alkanes) is 2. The Labute approximate surface area is 134 Å². The van der Waals surface area contributed by atoms with Gasteiger partial charge in [0.1, 0.15) is 0 Å². The molecule has 5 heteroatoms. The number of hydrogen-bond donors (Lipinski definition) is 1. The summed E-state index contributed by atoms with van der Waals surface area (Å²) in [6.07, 6.45) is 3.95. The van der Waals surface area contributed by atoms with E-state index in [2.05, 4.69) is 0 Å². The van der Waals surface area contributed by atoms with Crippen LogP contribution < -0.4 is 56.5 Å². The zero-order valence-electron chi connectivity index (χ0n) is 9.91. The molecule has 0 rings (SSSR count). The Balaban J connectivity index is -0.000000180. The van der Waals surface area contributed by atoms with E-state index in [1.54, 1.807) is 0 Å². The topological polar surface area (TPSA) is 77.4 Å². The molecule has 0 saturated heterocycles. The van der Waals surface area contributed by atoms with Crippen LogP contribution in [0.3, 0.4) is 0 Å². The summed E-state index contributed by atoms with van der Waals surface area (Å²) in [5, 5.41) is 17.7. The van der Waals surface area contributed by atoms with Crippen molar-refractivity contribution in [3.63, 3.8) is 0 Å². The fraction of sp³-hybridized carbons (Fsp3) is 0.800. The molecule has 0 aliphatic heterocycles. The maximum atomic E-state index is 9.76. The van der Waals surface area contributed by atoms with Gasteiger partial charge in [0.15, 0.2) is 0 Å². The van der Waals surface area contributed by atoms with E-state index in [0.717, 1.165) is 25.7 Å². The first-order valence-electron chi connectivity index (χ1n) is 4.96. The van der Waals surface area contributed by atoms with Crippen molar-refractivity contribution in [1.82, 2.24) is 0 Å². The van der Waals surface area contributed by atoms with Gasteiger partial charge in [0.05, 0.1) is 0 Å². The van der Waals surface area contributed by atoms with Gasteiger partial charge in [-0.2, -0.15) is 0 Å². The van der Waals surface area contributed by atoms with Gasteiger partial charge in [0, 0.05) is 12.4 Å². The molecule has 0 aromatic carbocycles. The van der Waals surface area contributed by atoms with E-state index in [0.29, 0.717) is 6.42 Å². The van der Waals surface area contributed by atoms with Gasteiger partial charge in [-0.05, 0) is 19.3 Å². The first-order chi connectivity index (χ1) is 6.54. The standard InChI is InChI=1S/2C5H10O2.K/c2*1-2-3-4-5(6)7;/h2*2-4H2,1H3,(H,6,7);/q;;+1/p-1. The Hall–Kier alpha value is 0.576. The normalized spacial score (nSPS) is 8.13. The fourth-order valence-corrected chi connectivity index (χ4v) is 0.649. The molecular formula is C10H19KO4. The maximum Gasteiger partial charge on any atom is 1.00 e. The minimum absolute atomic E-state index is 0. The van der Waals surface area contributed by atoms with Crippen molar-refractivity contribution in [2.45, 2.75) is 52.4 Å². The molecule has 0 spiro atoms. The van der Waals surface area contributed by atoms with Crippen LogP contribution in [0.5, 0.6) is 0 Å². The van der Waals surface area contributed by atoms with E-state index in [9.17, 15) is 14.7 Å². The average Bonchev–Trinajstić information content (AvgIpc) is 2.12. The van der Waals surface area contributed by atoms with Crippen LogP contribution in [-0.2, 0) is 9.59 Å². The van der Waals surface area contributed by atoms with Gasteiger partial charge in [-0.1, -0.05) is 26.7 Å². The van der Waals surface area contributed by atoms with Gasteiger partial charge in [-0.25, -0.2) is 0 Å². The van der Waals surface area contributed by atoms with Crippen molar-refractivity contribution in [2.24, 2.45) is 0 Å². The predicted octanol–water partition coefficient (Wildman–Crippen LogP) is -1.81. The Bertz CT molecular complexity index is 142. The molecule has 0 amide bonds. The zero-order valence-corrected chi connectivity index (χ0v) is 13.0. The second-order valence-corrected chi connectivity index (χ2v) is 2.97. The molecule has 0 aliphatic rings. The Morgan fingerprint density at radius 1 is 1.07 bits per heavy atom. The van der Waals surface area contributed by atoms with Crippen LogP contribution in [-0.4, -0.2) is 17.0 Å². The summed E-state index contributed by atoms with van der Waals surface area (Å²) in [5.41, 5.74) is 0. The molecule has 0 unspecified atom stereocenters. The largest absolute Gasteiger partial charge is 1.00 e. The zero-order chi connectivity index (χ0) is 11.4. The number of carboxylic acid groups (broad SMARTS) is 2. The SMILES string of the molecule is CCCCC(=O)O.CCCCC(=O)[O-].[K+]. The molecule has 0 aromatic rings. The predicted molar refractivity (Wildman–Crippen MR) is 51.7 cm³/mol. The molecule has 1 N–H and O–H groups in total. The Morgan fingerprint density at radius 3 is 1.60 bits per heavy atom. The number of carbonyl (C=O) groups excluding carboxylic acids is 1. The molecule has 0 fully saturated rings. The monoisotopic (exact) mass is 242 g/mol. The van der Waals surface area contributed by atoms with Gasteiger partial charge in [0.2, 0.25) is 0 Å². The van der Waals surface area contributed by atoms with Gasteiger partial charge >= 0.3 is 57.4 Å². The van der Waals surface area contributed by atoms with E-state index in [4.69, 9.17) is 5.11 Å². The van der Waals surface area contributed by atoms with Crippen molar-refractivity contribution in [1.29, 1.82) is 0 Å². The molecule has 15 heavy (non-hydrogen) atoms. The number of aliphatic carboxylic acids is 2. The quantitative estimate of drug-likeness (QED) is 0.557. The fourth-order valence-electron chi connectivity index (χ4n) is 0.649. The van der Waals surface area contributed by atoms with Gasteiger partial charge in [-0.3, -0.25) is 4.79 Å². The van der Waals surface area contributed by atoms with Crippen LogP contribution in [0.15, 0.2) is 0 Å². The van der Waals surface area contributed by atoms with Crippen molar-refractivity contribution >= 4 is 11.9 Å². The summed E-state index contributed by atoms with van der Waals surface area (Å²) in [4.78, 5) is 19.4. The van der Waals surface area contributed by atoms with Crippen LogP contribution >= 0.6 is 0 Å². The summed E-state index contributed by atoms with van der Waals surface area (Å²) >= 11 is 0. The second kappa shape index (κ2) is 17.0. The van der Waals surface area contributed by atoms with Crippen LogP contribution in [0.2, 0.25) is 0 Å². The van der Waals surface area contributed by atoms with Crippen molar-refractivity contribution in [2.75, 3.05) is 0 Å². The maximum absolute atomic E-state index is 9.76. The minimum Gasteiger partial charge on any atom is -0.550 e. The van der Waals surface area contributed by atoms with Crippen LogP contribution in [0.25, 0.3) is 0 Å². The van der Waals surface area contributed by atoms with E-state index in [-0.39, 0.29) is 57.8 Å². The van der Waals surface area contributed by atoms with Crippen molar-refractivity contribution < 1.29 is 71.2 Å². The summed E-state index contributed by atoms with van der Waals surface area (Å²) in [5.74, 6) is -1.64. The van der Waals surface area contributed by atoms with E-state index < -0.39 is 11.9 Å². The first kappa shape index (κ1) is 20.9. The number of carboxylic acids is 2. The Kier molecular flexibility index (Phi) is 23.7. The molecule has 4 nitrogen and oxygen atoms in total. The number of hydrogen-bond acceptors (Lipinski definition) is 3. The Morgan fingerprint density at radius 2 is 1.47 bits per heavy atom. The third kappa shape index (κ3) is 31.3. The molecule has 0 atom stereocenters. The van der Waals surface area contributed by atoms with Crippen LogP contribution in [0, 0.1) is 0 Å². The minimum atomic E-state index is -0.943. The molecule has 0 aromatic heterocycles. The molecule has 84 valence electrons. The smallest absolute Gasteiger partial charge is 0.550 e. The summed E-state index contributed by atoms with van der Waals surface area (Å²) < 4.78 is 0. The van der Waals surface area contributed by atoms with E-state index in [1.807, 2.05) is 13.8 Å². The third-order valence-electron chi connectivity index (χ3n) is 1.48. The number of carbonyl (C=O) groups is 2. The molecular weight excluding hydrogens is 223 g/mol. The molecule has 0 aliphatic carbocycles.